The molecule has 5 atom stereocenters. The Morgan fingerprint density at radius 2 is 1.65 bits per heavy atom. The summed E-state index contributed by atoms with van der Waals surface area (Å²) >= 11 is 0. The zero-order chi connectivity index (χ0) is 38.5. The lowest BCUT2D eigenvalue weighted by molar-refractivity contribution is -0.149. The highest BCUT2D eigenvalue weighted by molar-refractivity contribution is 6.91. The van der Waals surface area contributed by atoms with E-state index < -0.39 is 19.8 Å². The number of benzene rings is 4. The first-order chi connectivity index (χ1) is 26.6. The fourth-order valence-electron chi connectivity index (χ4n) is 9.63. The van der Waals surface area contributed by atoms with E-state index in [-0.39, 0.29) is 48.3 Å². The molecule has 0 aromatic heterocycles. The molecule has 4 aromatic carbocycles. The number of aliphatic hydroxyl groups is 1. The second kappa shape index (κ2) is 14.5. The van der Waals surface area contributed by atoms with Crippen LogP contribution in [-0.4, -0.2) is 73.9 Å². The van der Waals surface area contributed by atoms with E-state index in [1.165, 1.54) is 10.2 Å². The van der Waals surface area contributed by atoms with Crippen molar-refractivity contribution < 1.29 is 29.0 Å². The molecule has 4 heterocycles. The maximum Gasteiger partial charge on any atom is 0.268 e. The van der Waals surface area contributed by atoms with Gasteiger partial charge >= 0.3 is 0 Å². The Kier molecular flexibility index (Phi) is 9.73. The number of rotatable bonds is 9. The lowest BCUT2D eigenvalue weighted by Crippen LogP contribution is -2.52. The Bertz CT molecular complexity index is 2130. The summed E-state index contributed by atoms with van der Waals surface area (Å²) in [6.45, 7) is 7.18. The highest BCUT2D eigenvalue weighted by Gasteiger charge is 2.67. The molecule has 55 heavy (non-hydrogen) atoms. The lowest BCUT2D eigenvalue weighted by Gasteiger charge is -2.37. The predicted molar refractivity (Wildman–Crippen MR) is 216 cm³/mol. The standard InChI is InChI=1S/C44H48N4O6Si/c1-29-42(55(3,4)35-20-18-34(53-2)19-21-35)39(27-41(51)46-25-11-16-33(46)28-49)54-44(29)36-26-32(17-23-38(36)47(43(44)52)31-14-9-6-10-15-31)48-40(50)24-22-37(45-48)30-12-7-5-8-13-30/h5-10,12-15,17-21,23,26,29,33,39,42,49H,11,16,22,24-25,27-28H2,1-4H3/t29-,33-,39+,42-,44+/m0/s1. The van der Waals surface area contributed by atoms with Gasteiger partial charge in [0, 0.05) is 36.6 Å². The molecular formula is C44H48N4O6Si. The number of likely N-dealkylation sites (tertiary alicyclic amines) is 1. The van der Waals surface area contributed by atoms with Crippen molar-refractivity contribution in [3.63, 3.8) is 0 Å². The monoisotopic (exact) mass is 756 g/mol. The van der Waals surface area contributed by atoms with Crippen LogP contribution in [0.1, 0.15) is 50.2 Å². The molecule has 1 N–H and O–H groups in total. The van der Waals surface area contributed by atoms with Gasteiger partial charge in [-0.15, -0.1) is 0 Å². The third-order valence-electron chi connectivity index (χ3n) is 12.4. The number of hydrogen-bond acceptors (Lipinski definition) is 7. The highest BCUT2D eigenvalue weighted by atomic mass is 28.3. The Hall–Kier alpha value is -5.10. The van der Waals surface area contributed by atoms with Gasteiger partial charge in [0.15, 0.2) is 5.60 Å². The van der Waals surface area contributed by atoms with Gasteiger partial charge in [-0.25, -0.2) is 5.01 Å². The number of nitrogens with zero attached hydrogens (tertiary/aromatic N) is 4. The number of hydrazone groups is 1. The number of aliphatic hydroxyl groups excluding tert-OH is 1. The molecule has 0 aliphatic carbocycles. The van der Waals surface area contributed by atoms with Crippen LogP contribution in [0.3, 0.4) is 0 Å². The molecule has 2 saturated heterocycles. The summed E-state index contributed by atoms with van der Waals surface area (Å²) in [6.07, 6.45) is 1.92. The van der Waals surface area contributed by atoms with Crippen LogP contribution in [0, 0.1) is 5.92 Å². The normalized spacial score (nSPS) is 25.1. The first kappa shape index (κ1) is 36.9. The fourth-order valence-corrected chi connectivity index (χ4v) is 13.6. The number of carbonyl (C=O) groups excluding carboxylic acids is 3. The molecule has 10 nitrogen and oxygen atoms in total. The molecule has 3 amide bonds. The molecule has 1 spiro atoms. The van der Waals surface area contributed by atoms with Gasteiger partial charge in [-0.05, 0) is 66.4 Å². The Balaban J connectivity index is 1.27. The van der Waals surface area contributed by atoms with Gasteiger partial charge in [-0.3, -0.25) is 19.3 Å². The number of ether oxygens (including phenoxy) is 2. The minimum atomic E-state index is -2.55. The summed E-state index contributed by atoms with van der Waals surface area (Å²) in [5.74, 6) is -0.0245. The van der Waals surface area contributed by atoms with E-state index >= 15 is 4.79 Å². The van der Waals surface area contributed by atoms with Crippen LogP contribution >= 0.6 is 0 Å². The number of amides is 3. The van der Waals surface area contributed by atoms with Crippen molar-refractivity contribution in [3.05, 3.63) is 114 Å². The summed E-state index contributed by atoms with van der Waals surface area (Å²) in [7, 11) is -0.899. The van der Waals surface area contributed by atoms with Gasteiger partial charge in [0.1, 0.15) is 5.75 Å². The summed E-state index contributed by atoms with van der Waals surface area (Å²) in [4.78, 5) is 46.7. The molecule has 0 unspecified atom stereocenters. The van der Waals surface area contributed by atoms with Crippen LogP contribution in [0.25, 0.3) is 0 Å². The topological polar surface area (TPSA) is 112 Å². The number of carbonyl (C=O) groups is 3. The van der Waals surface area contributed by atoms with Crippen molar-refractivity contribution in [1.29, 1.82) is 0 Å². The molecule has 4 aliphatic rings. The average Bonchev–Trinajstić information content (AvgIpc) is 3.88. The molecule has 11 heteroatoms. The first-order valence-electron chi connectivity index (χ1n) is 19.3. The van der Waals surface area contributed by atoms with Crippen molar-refractivity contribution in [2.24, 2.45) is 11.0 Å². The minimum absolute atomic E-state index is 0.0728. The van der Waals surface area contributed by atoms with Gasteiger partial charge in [-0.1, -0.05) is 85.9 Å². The number of para-hydroxylation sites is 1. The fraction of sp³-hybridized carbons (Fsp3) is 0.364. The molecule has 4 aliphatic heterocycles. The van der Waals surface area contributed by atoms with Crippen molar-refractivity contribution in [2.45, 2.75) is 75.4 Å². The van der Waals surface area contributed by atoms with Crippen molar-refractivity contribution in [2.75, 3.05) is 30.2 Å². The van der Waals surface area contributed by atoms with Gasteiger partial charge in [0.25, 0.3) is 5.91 Å². The second-order valence-electron chi connectivity index (χ2n) is 15.7. The Morgan fingerprint density at radius 3 is 2.35 bits per heavy atom. The van der Waals surface area contributed by atoms with E-state index in [1.807, 2.05) is 91.0 Å². The number of fused-ring (bicyclic) bond motifs is 2. The number of hydrogen-bond donors (Lipinski definition) is 1. The van der Waals surface area contributed by atoms with Crippen molar-refractivity contribution >= 4 is 53.8 Å². The average molecular weight is 757 g/mol. The summed E-state index contributed by atoms with van der Waals surface area (Å²) in [5, 5.41) is 17.6. The summed E-state index contributed by atoms with van der Waals surface area (Å²) in [5.41, 5.74) is 2.75. The first-order valence-corrected chi connectivity index (χ1v) is 22.4. The molecule has 0 bridgehead atoms. The van der Waals surface area contributed by atoms with Crippen molar-refractivity contribution in [3.8, 4) is 5.75 Å². The van der Waals surface area contributed by atoms with Crippen LogP contribution in [0.4, 0.5) is 17.1 Å². The van der Waals surface area contributed by atoms with Crippen LogP contribution in [-0.2, 0) is 24.7 Å². The zero-order valence-corrected chi connectivity index (χ0v) is 32.9. The van der Waals surface area contributed by atoms with Crippen LogP contribution in [0.2, 0.25) is 18.6 Å². The van der Waals surface area contributed by atoms with E-state index in [4.69, 9.17) is 14.6 Å². The third kappa shape index (κ3) is 6.18. The largest absolute Gasteiger partial charge is 0.497 e. The summed E-state index contributed by atoms with van der Waals surface area (Å²) < 4.78 is 12.8. The zero-order valence-electron chi connectivity index (χ0n) is 31.9. The van der Waals surface area contributed by atoms with Gasteiger partial charge in [0.05, 0.1) is 57.4 Å². The van der Waals surface area contributed by atoms with Crippen LogP contribution in [0.5, 0.6) is 5.75 Å². The SMILES string of the molecule is COc1ccc([Si](C)(C)[C@@H]2[C@@H](CC(=O)N3CCC[C@H]3CO)O[C@]3(C(=O)N(c4ccccc4)c4ccc(N5N=C(c6ccccc6)CCC5=O)cc43)[C@H]2C)cc1. The van der Waals surface area contributed by atoms with E-state index in [0.29, 0.717) is 42.0 Å². The minimum Gasteiger partial charge on any atom is -0.497 e. The molecule has 2 fully saturated rings. The number of anilines is 3. The quantitative estimate of drug-likeness (QED) is 0.196. The maximum absolute atomic E-state index is 15.4. The smallest absolute Gasteiger partial charge is 0.268 e. The van der Waals surface area contributed by atoms with Gasteiger partial charge in [-0.2, -0.15) is 5.10 Å². The Labute approximate surface area is 323 Å². The van der Waals surface area contributed by atoms with Crippen molar-refractivity contribution in [1.82, 2.24) is 4.90 Å². The maximum atomic E-state index is 15.4. The van der Waals surface area contributed by atoms with Crippen LogP contribution < -0.4 is 19.8 Å². The molecule has 284 valence electrons. The van der Waals surface area contributed by atoms with Crippen LogP contribution in [0.15, 0.2) is 108 Å². The van der Waals surface area contributed by atoms with E-state index in [0.717, 1.165) is 29.9 Å². The molecular weight excluding hydrogens is 709 g/mol. The molecule has 0 saturated carbocycles. The van der Waals surface area contributed by atoms with Gasteiger partial charge < -0.3 is 19.5 Å². The lowest BCUT2D eigenvalue weighted by atomic mass is 9.82. The summed E-state index contributed by atoms with van der Waals surface area (Å²) in [6, 6.07) is 33.0. The highest BCUT2D eigenvalue weighted by Crippen LogP contribution is 2.61. The molecule has 0 radical (unpaired) electrons. The van der Waals surface area contributed by atoms with E-state index in [9.17, 15) is 14.7 Å². The number of methoxy groups -OCH3 is 1. The van der Waals surface area contributed by atoms with Gasteiger partial charge in [0.2, 0.25) is 11.8 Å². The molecule has 8 rings (SSSR count). The van der Waals surface area contributed by atoms with E-state index in [2.05, 4.69) is 32.2 Å². The third-order valence-corrected chi connectivity index (χ3v) is 16.8. The second-order valence-corrected chi connectivity index (χ2v) is 20.4. The predicted octanol–water partition coefficient (Wildman–Crippen LogP) is 6.49. The molecule has 4 aromatic rings. The van der Waals surface area contributed by atoms with E-state index in [1.54, 1.807) is 16.9 Å². The Morgan fingerprint density at radius 1 is 0.945 bits per heavy atom.